The minimum Gasteiger partial charge on any atom is -0.0611 e. The Balaban J connectivity index is 2.63. The fourth-order valence-electron chi connectivity index (χ4n) is 2.76. The molecule has 0 heterocycles. The summed E-state index contributed by atoms with van der Waals surface area (Å²) in [5.74, 6) is 1.46. The summed E-state index contributed by atoms with van der Waals surface area (Å²) in [6.07, 6.45) is 0. The molecule has 14 heavy (non-hydrogen) atoms. The van der Waals surface area contributed by atoms with Crippen LogP contribution in [0.4, 0.5) is 0 Å². The summed E-state index contributed by atoms with van der Waals surface area (Å²) in [4.78, 5) is 0. The van der Waals surface area contributed by atoms with Crippen molar-refractivity contribution in [3.8, 4) is 0 Å². The first kappa shape index (κ1) is 9.76. The third kappa shape index (κ3) is 1.13. The molecule has 0 spiro atoms. The SMILES string of the molecule is Cc1ccc2c(c1)C(C)(C)[C@@H](C)[C@@H]2C. The summed E-state index contributed by atoms with van der Waals surface area (Å²) in [7, 11) is 0. The van der Waals surface area contributed by atoms with Crippen LogP contribution in [0.2, 0.25) is 0 Å². The molecule has 0 radical (unpaired) electrons. The van der Waals surface area contributed by atoms with Crippen LogP contribution in [0.5, 0.6) is 0 Å². The van der Waals surface area contributed by atoms with E-state index in [0.717, 1.165) is 5.92 Å². The van der Waals surface area contributed by atoms with E-state index >= 15 is 0 Å². The molecular weight excluding hydrogens is 168 g/mol. The highest BCUT2D eigenvalue weighted by Gasteiger charge is 2.40. The molecule has 1 aromatic carbocycles. The smallest absolute Gasteiger partial charge is 0.00693 e. The van der Waals surface area contributed by atoms with E-state index in [-0.39, 0.29) is 0 Å². The average Bonchev–Trinajstić information content (AvgIpc) is 2.29. The van der Waals surface area contributed by atoms with Crippen molar-refractivity contribution in [2.75, 3.05) is 0 Å². The molecule has 0 N–H and O–H groups in total. The summed E-state index contributed by atoms with van der Waals surface area (Å²) in [6, 6.07) is 6.93. The third-order valence-electron chi connectivity index (χ3n) is 4.28. The van der Waals surface area contributed by atoms with E-state index in [2.05, 4.69) is 52.8 Å². The lowest BCUT2D eigenvalue weighted by Crippen LogP contribution is -2.22. The van der Waals surface area contributed by atoms with Crippen molar-refractivity contribution < 1.29 is 0 Å². The lowest BCUT2D eigenvalue weighted by atomic mass is 9.77. The molecule has 2 atom stereocenters. The lowest BCUT2D eigenvalue weighted by molar-refractivity contribution is 0.342. The van der Waals surface area contributed by atoms with Crippen molar-refractivity contribution in [3.05, 3.63) is 34.9 Å². The molecule has 0 saturated carbocycles. The maximum atomic E-state index is 2.38. The second-order valence-electron chi connectivity index (χ2n) is 5.39. The van der Waals surface area contributed by atoms with Gasteiger partial charge in [-0.25, -0.2) is 0 Å². The number of rotatable bonds is 0. The van der Waals surface area contributed by atoms with Crippen LogP contribution in [0.15, 0.2) is 18.2 Å². The molecule has 0 aliphatic heterocycles. The van der Waals surface area contributed by atoms with Crippen LogP contribution in [0.25, 0.3) is 0 Å². The van der Waals surface area contributed by atoms with Crippen LogP contribution in [0.1, 0.15) is 50.3 Å². The molecule has 0 unspecified atom stereocenters. The van der Waals surface area contributed by atoms with E-state index in [1.54, 1.807) is 11.1 Å². The Bertz CT molecular complexity index is 360. The molecule has 1 aliphatic rings. The van der Waals surface area contributed by atoms with Crippen LogP contribution in [-0.2, 0) is 5.41 Å². The highest BCUT2D eigenvalue weighted by atomic mass is 14.4. The fraction of sp³-hybridized carbons (Fsp3) is 0.571. The van der Waals surface area contributed by atoms with Crippen LogP contribution in [-0.4, -0.2) is 0 Å². The number of hydrogen-bond donors (Lipinski definition) is 0. The number of aryl methyl sites for hydroxylation is 1. The summed E-state index contributed by atoms with van der Waals surface area (Å²) in [5.41, 5.74) is 4.87. The molecule has 0 fully saturated rings. The van der Waals surface area contributed by atoms with Crippen molar-refractivity contribution in [2.45, 2.75) is 46.0 Å². The highest BCUT2D eigenvalue weighted by molar-refractivity contribution is 5.44. The number of benzene rings is 1. The topological polar surface area (TPSA) is 0 Å². The summed E-state index contributed by atoms with van der Waals surface area (Å²) in [5, 5.41) is 0. The largest absolute Gasteiger partial charge is 0.0611 e. The Morgan fingerprint density at radius 3 is 2.43 bits per heavy atom. The number of hydrogen-bond acceptors (Lipinski definition) is 0. The molecule has 1 aliphatic carbocycles. The molecule has 76 valence electrons. The normalized spacial score (nSPS) is 28.9. The summed E-state index contributed by atoms with van der Waals surface area (Å²) in [6.45, 7) is 11.7. The third-order valence-corrected chi connectivity index (χ3v) is 4.28. The van der Waals surface area contributed by atoms with Gasteiger partial charge in [0.15, 0.2) is 0 Å². The van der Waals surface area contributed by atoms with Crippen LogP contribution < -0.4 is 0 Å². The maximum Gasteiger partial charge on any atom is -0.00693 e. The standard InChI is InChI=1S/C14H20/c1-9-6-7-12-10(2)11(3)14(4,5)13(12)8-9/h6-8,10-11H,1-5H3/t10-,11-/m0/s1. The van der Waals surface area contributed by atoms with Gasteiger partial charge in [-0.15, -0.1) is 0 Å². The van der Waals surface area contributed by atoms with E-state index in [4.69, 9.17) is 0 Å². The van der Waals surface area contributed by atoms with Crippen molar-refractivity contribution in [1.82, 2.24) is 0 Å². The Morgan fingerprint density at radius 2 is 1.79 bits per heavy atom. The van der Waals surface area contributed by atoms with Gasteiger partial charge in [0.25, 0.3) is 0 Å². The van der Waals surface area contributed by atoms with Gasteiger partial charge in [0.2, 0.25) is 0 Å². The second kappa shape index (κ2) is 2.85. The Labute approximate surface area is 87.3 Å². The summed E-state index contributed by atoms with van der Waals surface area (Å²) < 4.78 is 0. The zero-order valence-corrected chi connectivity index (χ0v) is 9.89. The van der Waals surface area contributed by atoms with Crippen molar-refractivity contribution in [1.29, 1.82) is 0 Å². The molecule has 0 bridgehead atoms. The molecule has 0 saturated heterocycles. The first-order chi connectivity index (χ1) is 6.44. The predicted octanol–water partition coefficient (Wildman–Crippen LogP) is 4.03. The minimum absolute atomic E-state index is 0.348. The Morgan fingerprint density at radius 1 is 1.14 bits per heavy atom. The van der Waals surface area contributed by atoms with Gasteiger partial charge in [0.1, 0.15) is 0 Å². The molecule has 0 amide bonds. The fourth-order valence-corrected chi connectivity index (χ4v) is 2.76. The zero-order valence-electron chi connectivity index (χ0n) is 9.89. The first-order valence-corrected chi connectivity index (χ1v) is 5.55. The Kier molecular flexibility index (Phi) is 1.99. The molecular formula is C14H20. The summed E-state index contributed by atoms with van der Waals surface area (Å²) >= 11 is 0. The van der Waals surface area contributed by atoms with E-state index in [1.807, 2.05) is 0 Å². The second-order valence-corrected chi connectivity index (χ2v) is 5.39. The van der Waals surface area contributed by atoms with Crippen LogP contribution in [0, 0.1) is 12.8 Å². The van der Waals surface area contributed by atoms with E-state index in [1.165, 1.54) is 5.56 Å². The van der Waals surface area contributed by atoms with Gasteiger partial charge in [0, 0.05) is 0 Å². The van der Waals surface area contributed by atoms with Gasteiger partial charge in [0.05, 0.1) is 0 Å². The Hall–Kier alpha value is -0.780. The highest BCUT2D eigenvalue weighted by Crippen LogP contribution is 2.49. The first-order valence-electron chi connectivity index (χ1n) is 5.55. The van der Waals surface area contributed by atoms with Crippen LogP contribution >= 0.6 is 0 Å². The molecule has 0 nitrogen and oxygen atoms in total. The van der Waals surface area contributed by atoms with E-state index in [9.17, 15) is 0 Å². The van der Waals surface area contributed by atoms with E-state index < -0.39 is 0 Å². The van der Waals surface area contributed by atoms with Crippen LogP contribution in [0.3, 0.4) is 0 Å². The van der Waals surface area contributed by atoms with Crippen molar-refractivity contribution in [2.24, 2.45) is 5.92 Å². The van der Waals surface area contributed by atoms with Gasteiger partial charge in [-0.2, -0.15) is 0 Å². The molecule has 2 rings (SSSR count). The van der Waals surface area contributed by atoms with Gasteiger partial charge in [-0.05, 0) is 35.3 Å². The number of fused-ring (bicyclic) bond motifs is 1. The maximum absolute atomic E-state index is 2.38. The molecule has 0 heteroatoms. The van der Waals surface area contributed by atoms with Gasteiger partial charge < -0.3 is 0 Å². The van der Waals surface area contributed by atoms with Gasteiger partial charge in [-0.1, -0.05) is 51.5 Å². The zero-order chi connectivity index (χ0) is 10.5. The minimum atomic E-state index is 0.348. The molecule has 0 aromatic heterocycles. The van der Waals surface area contributed by atoms with Crippen molar-refractivity contribution >= 4 is 0 Å². The monoisotopic (exact) mass is 188 g/mol. The average molecular weight is 188 g/mol. The molecule has 1 aromatic rings. The van der Waals surface area contributed by atoms with Crippen molar-refractivity contribution in [3.63, 3.8) is 0 Å². The quantitative estimate of drug-likeness (QED) is 0.576. The van der Waals surface area contributed by atoms with Gasteiger partial charge >= 0.3 is 0 Å². The van der Waals surface area contributed by atoms with E-state index in [0.29, 0.717) is 11.3 Å². The predicted molar refractivity (Wildman–Crippen MR) is 61.8 cm³/mol. The van der Waals surface area contributed by atoms with Gasteiger partial charge in [-0.3, -0.25) is 0 Å². The lowest BCUT2D eigenvalue weighted by Gasteiger charge is -2.27.